The normalized spacial score (nSPS) is 17.0. The molecule has 3 rings (SSSR count). The quantitative estimate of drug-likeness (QED) is 0.699. The van der Waals surface area contributed by atoms with Gasteiger partial charge in [-0.15, -0.1) is 24.8 Å². The smallest absolute Gasteiger partial charge is 0.228 e. The number of amides is 2. The maximum absolute atomic E-state index is 12.0. The molecular formula is C17H26Cl2N4O2. The SMILES string of the molecule is Cl.Cl.O=C(CCC1CCNCC1)Nc1ccc(NC(=O)C2CC2)nc1. The van der Waals surface area contributed by atoms with Gasteiger partial charge in [0.05, 0.1) is 11.9 Å². The molecule has 2 fully saturated rings. The third-order valence-electron chi connectivity index (χ3n) is 4.49. The third-order valence-corrected chi connectivity index (χ3v) is 4.49. The highest BCUT2D eigenvalue weighted by Crippen LogP contribution is 2.30. The highest BCUT2D eigenvalue weighted by Gasteiger charge is 2.29. The molecule has 0 bridgehead atoms. The molecule has 8 heteroatoms. The number of aromatic nitrogens is 1. The van der Waals surface area contributed by atoms with Crippen molar-refractivity contribution in [3.05, 3.63) is 18.3 Å². The summed E-state index contributed by atoms with van der Waals surface area (Å²) in [5.74, 6) is 1.41. The molecule has 2 heterocycles. The summed E-state index contributed by atoms with van der Waals surface area (Å²) < 4.78 is 0. The van der Waals surface area contributed by atoms with Crippen LogP contribution in [-0.2, 0) is 9.59 Å². The molecule has 25 heavy (non-hydrogen) atoms. The van der Waals surface area contributed by atoms with Gasteiger partial charge in [0.2, 0.25) is 11.8 Å². The van der Waals surface area contributed by atoms with Crippen molar-refractivity contribution in [3.63, 3.8) is 0 Å². The number of anilines is 2. The second kappa shape index (κ2) is 10.6. The Hall–Kier alpha value is -1.37. The molecule has 6 nitrogen and oxygen atoms in total. The molecule has 1 saturated carbocycles. The number of halogens is 2. The van der Waals surface area contributed by atoms with Crippen LogP contribution in [0.3, 0.4) is 0 Å². The first-order chi connectivity index (χ1) is 11.2. The lowest BCUT2D eigenvalue weighted by Gasteiger charge is -2.22. The van der Waals surface area contributed by atoms with Crippen LogP contribution in [0.2, 0.25) is 0 Å². The predicted octanol–water partition coefficient (Wildman–Crippen LogP) is 2.99. The van der Waals surface area contributed by atoms with E-state index in [-0.39, 0.29) is 42.5 Å². The van der Waals surface area contributed by atoms with Crippen molar-refractivity contribution in [3.8, 4) is 0 Å². The van der Waals surface area contributed by atoms with Crippen LogP contribution in [0.15, 0.2) is 18.3 Å². The van der Waals surface area contributed by atoms with Crippen molar-refractivity contribution >= 4 is 48.1 Å². The largest absolute Gasteiger partial charge is 0.325 e. The highest BCUT2D eigenvalue weighted by molar-refractivity contribution is 5.94. The third kappa shape index (κ3) is 7.18. The summed E-state index contributed by atoms with van der Waals surface area (Å²) in [4.78, 5) is 27.8. The van der Waals surface area contributed by atoms with E-state index in [1.807, 2.05) is 0 Å². The second-order valence-corrected chi connectivity index (χ2v) is 6.48. The zero-order valence-electron chi connectivity index (χ0n) is 14.1. The van der Waals surface area contributed by atoms with Crippen LogP contribution >= 0.6 is 24.8 Å². The van der Waals surface area contributed by atoms with E-state index in [2.05, 4.69) is 20.9 Å². The number of piperidine rings is 1. The van der Waals surface area contributed by atoms with Gasteiger partial charge in [0.25, 0.3) is 0 Å². The topological polar surface area (TPSA) is 83.1 Å². The van der Waals surface area contributed by atoms with E-state index in [1.165, 1.54) is 0 Å². The van der Waals surface area contributed by atoms with Crippen molar-refractivity contribution < 1.29 is 9.59 Å². The van der Waals surface area contributed by atoms with Gasteiger partial charge in [-0.1, -0.05) is 0 Å². The Bertz CT molecular complexity index is 558. The first kappa shape index (κ1) is 21.7. The molecule has 0 unspecified atom stereocenters. The minimum absolute atomic E-state index is 0. The van der Waals surface area contributed by atoms with Gasteiger partial charge in [-0.25, -0.2) is 4.98 Å². The van der Waals surface area contributed by atoms with Gasteiger partial charge < -0.3 is 16.0 Å². The second-order valence-electron chi connectivity index (χ2n) is 6.48. The van der Waals surface area contributed by atoms with Crippen molar-refractivity contribution in [2.24, 2.45) is 11.8 Å². The maximum atomic E-state index is 12.0. The average molecular weight is 389 g/mol. The minimum atomic E-state index is 0. The fourth-order valence-corrected chi connectivity index (χ4v) is 2.84. The molecule has 2 amide bonds. The summed E-state index contributed by atoms with van der Waals surface area (Å²) in [5.41, 5.74) is 0.671. The summed E-state index contributed by atoms with van der Waals surface area (Å²) in [7, 11) is 0. The molecule has 0 spiro atoms. The molecule has 2 aliphatic rings. The number of carbonyl (C=O) groups is 2. The van der Waals surface area contributed by atoms with E-state index >= 15 is 0 Å². The van der Waals surface area contributed by atoms with E-state index < -0.39 is 0 Å². The molecular weight excluding hydrogens is 363 g/mol. The van der Waals surface area contributed by atoms with Gasteiger partial charge in [-0.2, -0.15) is 0 Å². The predicted molar refractivity (Wildman–Crippen MR) is 104 cm³/mol. The summed E-state index contributed by atoms with van der Waals surface area (Å²) in [6.07, 6.45) is 7.33. The van der Waals surface area contributed by atoms with E-state index in [0.717, 1.165) is 45.2 Å². The molecule has 0 aromatic carbocycles. The fourth-order valence-electron chi connectivity index (χ4n) is 2.84. The Morgan fingerprint density at radius 2 is 1.80 bits per heavy atom. The van der Waals surface area contributed by atoms with Crippen molar-refractivity contribution in [2.45, 2.75) is 38.5 Å². The summed E-state index contributed by atoms with van der Waals surface area (Å²) >= 11 is 0. The van der Waals surface area contributed by atoms with Crippen LogP contribution in [0.4, 0.5) is 11.5 Å². The standard InChI is InChI=1S/C17H24N4O2.2ClH/c22-16(6-1-12-7-9-18-10-8-12)20-14-4-5-15(19-11-14)21-17(23)13-2-3-13;;/h4-5,11-13,18H,1-3,6-10H2,(H,20,22)(H,19,21,23);2*1H. The number of nitrogens with zero attached hydrogens (tertiary/aromatic N) is 1. The fraction of sp³-hybridized carbons (Fsp3) is 0.588. The van der Waals surface area contributed by atoms with E-state index in [9.17, 15) is 9.59 Å². The molecule has 1 aromatic heterocycles. The van der Waals surface area contributed by atoms with Gasteiger partial charge in [0, 0.05) is 12.3 Å². The lowest BCUT2D eigenvalue weighted by molar-refractivity contribution is -0.117. The van der Waals surface area contributed by atoms with Crippen LogP contribution in [0.25, 0.3) is 0 Å². The van der Waals surface area contributed by atoms with E-state index in [0.29, 0.717) is 23.8 Å². The Morgan fingerprint density at radius 1 is 1.08 bits per heavy atom. The van der Waals surface area contributed by atoms with Crippen LogP contribution in [0.5, 0.6) is 0 Å². The summed E-state index contributed by atoms with van der Waals surface area (Å²) in [5, 5.41) is 8.98. The van der Waals surface area contributed by atoms with Gasteiger partial charge in [-0.3, -0.25) is 9.59 Å². The lowest BCUT2D eigenvalue weighted by Crippen LogP contribution is -2.28. The summed E-state index contributed by atoms with van der Waals surface area (Å²) in [6, 6.07) is 3.50. The molecule has 1 saturated heterocycles. The Balaban J connectivity index is 0.00000156. The molecule has 0 atom stereocenters. The minimum Gasteiger partial charge on any atom is -0.325 e. The first-order valence-electron chi connectivity index (χ1n) is 8.48. The Kier molecular flexibility index (Phi) is 9.17. The maximum Gasteiger partial charge on any atom is 0.228 e. The molecule has 1 aromatic rings. The van der Waals surface area contributed by atoms with Crippen molar-refractivity contribution in [1.82, 2.24) is 10.3 Å². The van der Waals surface area contributed by atoms with Gasteiger partial charge in [0.1, 0.15) is 5.82 Å². The van der Waals surface area contributed by atoms with Crippen LogP contribution in [-0.4, -0.2) is 29.9 Å². The van der Waals surface area contributed by atoms with Gasteiger partial charge in [0.15, 0.2) is 0 Å². The number of nitrogens with one attached hydrogen (secondary N) is 3. The number of carbonyl (C=O) groups excluding carboxylic acids is 2. The van der Waals surface area contributed by atoms with Crippen LogP contribution < -0.4 is 16.0 Å². The highest BCUT2D eigenvalue weighted by atomic mass is 35.5. The van der Waals surface area contributed by atoms with E-state index in [1.54, 1.807) is 18.3 Å². The Labute approximate surface area is 160 Å². The van der Waals surface area contributed by atoms with Gasteiger partial charge in [-0.05, 0) is 63.2 Å². The van der Waals surface area contributed by atoms with Crippen molar-refractivity contribution in [2.75, 3.05) is 23.7 Å². The molecule has 1 aliphatic heterocycles. The van der Waals surface area contributed by atoms with Crippen LogP contribution in [0.1, 0.15) is 38.5 Å². The zero-order valence-corrected chi connectivity index (χ0v) is 15.8. The number of pyridine rings is 1. The average Bonchev–Trinajstić information content (AvgIpc) is 3.41. The van der Waals surface area contributed by atoms with Gasteiger partial charge >= 0.3 is 0 Å². The lowest BCUT2D eigenvalue weighted by atomic mass is 9.93. The molecule has 1 aliphatic carbocycles. The van der Waals surface area contributed by atoms with E-state index in [4.69, 9.17) is 0 Å². The number of rotatable bonds is 6. The number of hydrogen-bond acceptors (Lipinski definition) is 4. The molecule has 3 N–H and O–H groups in total. The summed E-state index contributed by atoms with van der Waals surface area (Å²) in [6.45, 7) is 2.12. The monoisotopic (exact) mass is 388 g/mol. The van der Waals surface area contributed by atoms with Crippen molar-refractivity contribution in [1.29, 1.82) is 0 Å². The number of hydrogen-bond donors (Lipinski definition) is 3. The van der Waals surface area contributed by atoms with Crippen LogP contribution in [0, 0.1) is 11.8 Å². The molecule has 0 radical (unpaired) electrons. The zero-order chi connectivity index (χ0) is 16.1. The molecule has 140 valence electrons. The Morgan fingerprint density at radius 3 is 2.40 bits per heavy atom. The first-order valence-corrected chi connectivity index (χ1v) is 8.48.